The highest BCUT2D eigenvalue weighted by atomic mass is 32.1. The first kappa shape index (κ1) is 19.9. The molecule has 140 valence electrons. The van der Waals surface area contributed by atoms with Crippen LogP contribution in [0.1, 0.15) is 52.5 Å². The molecule has 0 fully saturated rings. The Morgan fingerprint density at radius 3 is 2.35 bits per heavy atom. The first-order valence-corrected chi connectivity index (χ1v) is 9.25. The van der Waals surface area contributed by atoms with Gasteiger partial charge in [0.2, 0.25) is 0 Å². The van der Waals surface area contributed by atoms with E-state index in [1.54, 1.807) is 26.0 Å². The number of aromatic nitrogens is 1. The minimum absolute atomic E-state index is 0.196. The average Bonchev–Trinajstić information content (AvgIpc) is 3.00. The van der Waals surface area contributed by atoms with Crippen molar-refractivity contribution in [2.75, 3.05) is 6.61 Å². The Labute approximate surface area is 157 Å². The molecule has 6 nitrogen and oxygen atoms in total. The number of nitrogens with zero attached hydrogens (tertiary/aromatic N) is 1. The number of rotatable bonds is 7. The summed E-state index contributed by atoms with van der Waals surface area (Å²) in [5.41, 5.74) is 2.34. The van der Waals surface area contributed by atoms with Crippen LogP contribution in [0.2, 0.25) is 0 Å². The summed E-state index contributed by atoms with van der Waals surface area (Å²) >= 11 is 1.53. The fraction of sp³-hybridized carbons (Fsp3) is 0.421. The minimum Gasteiger partial charge on any atom is -0.481 e. The predicted molar refractivity (Wildman–Crippen MR) is 101 cm³/mol. The molecule has 1 unspecified atom stereocenters. The second-order valence-corrected chi connectivity index (χ2v) is 7.41. The quantitative estimate of drug-likeness (QED) is 0.771. The van der Waals surface area contributed by atoms with Gasteiger partial charge in [-0.05, 0) is 57.4 Å². The van der Waals surface area contributed by atoms with Gasteiger partial charge in [0.25, 0.3) is 5.91 Å². The Balaban J connectivity index is 2.25. The fourth-order valence-corrected chi connectivity index (χ4v) is 3.65. The average molecular weight is 376 g/mol. The van der Waals surface area contributed by atoms with Gasteiger partial charge in [-0.3, -0.25) is 4.79 Å². The monoisotopic (exact) mass is 376 g/mol. The van der Waals surface area contributed by atoms with E-state index < -0.39 is 18.1 Å². The van der Waals surface area contributed by atoms with Crippen LogP contribution in [0.15, 0.2) is 17.5 Å². The zero-order chi connectivity index (χ0) is 19.5. The number of carboxylic acids is 1. The molecule has 0 spiro atoms. The van der Waals surface area contributed by atoms with Crippen LogP contribution in [0.25, 0.3) is 0 Å². The standard InChI is InChI=1S/C19H24N2O4S/c1-6-19(5,18-20-13(4)10-26-18)21-17(24)14-7-11(2)16(12(3)8-14)25-9-15(22)23/h7-8,10H,6,9H2,1-5H3,(H,21,24)(H,22,23). The number of hydrogen-bond donors (Lipinski definition) is 2. The second kappa shape index (κ2) is 7.86. The molecule has 1 aromatic heterocycles. The lowest BCUT2D eigenvalue weighted by atomic mass is 9.98. The first-order valence-electron chi connectivity index (χ1n) is 8.37. The zero-order valence-corrected chi connectivity index (χ0v) is 16.5. The molecule has 0 saturated carbocycles. The third kappa shape index (κ3) is 4.40. The Morgan fingerprint density at radius 1 is 1.27 bits per heavy atom. The van der Waals surface area contributed by atoms with Crippen molar-refractivity contribution in [1.82, 2.24) is 10.3 Å². The molecule has 0 bridgehead atoms. The Kier molecular flexibility index (Phi) is 6.02. The molecule has 0 aliphatic rings. The van der Waals surface area contributed by atoms with Crippen molar-refractivity contribution in [1.29, 1.82) is 0 Å². The fourth-order valence-electron chi connectivity index (χ4n) is 2.67. The molecule has 2 aromatic rings. The number of aryl methyl sites for hydroxylation is 3. The highest BCUT2D eigenvalue weighted by Crippen LogP contribution is 2.29. The van der Waals surface area contributed by atoms with Gasteiger partial charge in [-0.25, -0.2) is 9.78 Å². The molecule has 1 heterocycles. The summed E-state index contributed by atoms with van der Waals surface area (Å²) in [6.07, 6.45) is 0.712. The van der Waals surface area contributed by atoms with Crippen molar-refractivity contribution in [2.24, 2.45) is 0 Å². The van der Waals surface area contributed by atoms with E-state index in [1.165, 1.54) is 11.3 Å². The largest absolute Gasteiger partial charge is 0.481 e. The van der Waals surface area contributed by atoms with Crippen LogP contribution in [0, 0.1) is 20.8 Å². The second-order valence-electron chi connectivity index (χ2n) is 6.56. The Morgan fingerprint density at radius 2 is 1.88 bits per heavy atom. The molecule has 1 aromatic carbocycles. The van der Waals surface area contributed by atoms with E-state index >= 15 is 0 Å². The number of carboxylic acid groups (broad SMARTS) is 1. The third-order valence-corrected chi connectivity index (χ3v) is 5.47. The van der Waals surface area contributed by atoms with Crippen molar-refractivity contribution < 1.29 is 19.4 Å². The van der Waals surface area contributed by atoms with Crippen LogP contribution in [0.5, 0.6) is 5.75 Å². The number of ether oxygens (including phenoxy) is 1. The van der Waals surface area contributed by atoms with Crippen molar-refractivity contribution >= 4 is 23.2 Å². The third-order valence-electron chi connectivity index (χ3n) is 4.25. The molecule has 0 aliphatic heterocycles. The molecule has 1 amide bonds. The van der Waals surface area contributed by atoms with Gasteiger partial charge in [0.15, 0.2) is 6.61 Å². The summed E-state index contributed by atoms with van der Waals surface area (Å²) in [5, 5.41) is 14.7. The summed E-state index contributed by atoms with van der Waals surface area (Å²) in [5.74, 6) is -0.737. The highest BCUT2D eigenvalue weighted by molar-refractivity contribution is 7.09. The summed E-state index contributed by atoms with van der Waals surface area (Å²) in [4.78, 5) is 28.0. The lowest BCUT2D eigenvalue weighted by Crippen LogP contribution is -2.43. The van der Waals surface area contributed by atoms with Gasteiger partial charge in [0.05, 0.1) is 5.54 Å². The van der Waals surface area contributed by atoms with Gasteiger partial charge in [0, 0.05) is 16.6 Å². The van der Waals surface area contributed by atoms with Crippen LogP contribution in [-0.4, -0.2) is 28.6 Å². The number of thiazole rings is 1. The van der Waals surface area contributed by atoms with Gasteiger partial charge >= 0.3 is 5.97 Å². The number of hydrogen-bond acceptors (Lipinski definition) is 5. The lowest BCUT2D eigenvalue weighted by molar-refractivity contribution is -0.139. The molecule has 26 heavy (non-hydrogen) atoms. The molecule has 1 atom stereocenters. The zero-order valence-electron chi connectivity index (χ0n) is 15.7. The lowest BCUT2D eigenvalue weighted by Gasteiger charge is -2.27. The molecule has 2 rings (SSSR count). The highest BCUT2D eigenvalue weighted by Gasteiger charge is 2.30. The van der Waals surface area contributed by atoms with Gasteiger partial charge in [0.1, 0.15) is 10.8 Å². The van der Waals surface area contributed by atoms with Crippen LogP contribution >= 0.6 is 11.3 Å². The maximum atomic E-state index is 12.8. The van der Waals surface area contributed by atoms with E-state index in [9.17, 15) is 9.59 Å². The van der Waals surface area contributed by atoms with E-state index in [0.717, 1.165) is 21.8 Å². The molecule has 0 saturated heterocycles. The van der Waals surface area contributed by atoms with Crippen molar-refractivity contribution in [3.63, 3.8) is 0 Å². The molecule has 2 N–H and O–H groups in total. The number of nitrogens with one attached hydrogen (secondary N) is 1. The van der Waals surface area contributed by atoms with Crippen LogP contribution in [0.3, 0.4) is 0 Å². The summed E-state index contributed by atoms with van der Waals surface area (Å²) < 4.78 is 5.32. The van der Waals surface area contributed by atoms with Crippen molar-refractivity contribution in [3.05, 3.63) is 44.9 Å². The van der Waals surface area contributed by atoms with Crippen molar-refractivity contribution in [2.45, 2.75) is 46.6 Å². The molecular weight excluding hydrogens is 352 g/mol. The normalized spacial score (nSPS) is 13.1. The summed E-state index contributed by atoms with van der Waals surface area (Å²) in [6, 6.07) is 3.42. The van der Waals surface area contributed by atoms with Gasteiger partial charge in [-0.2, -0.15) is 0 Å². The topological polar surface area (TPSA) is 88.5 Å². The Hall–Kier alpha value is -2.41. The van der Waals surface area contributed by atoms with Crippen LogP contribution in [0.4, 0.5) is 0 Å². The van der Waals surface area contributed by atoms with E-state index in [1.807, 2.05) is 26.2 Å². The van der Waals surface area contributed by atoms with Crippen molar-refractivity contribution in [3.8, 4) is 5.75 Å². The number of benzene rings is 1. The summed E-state index contributed by atoms with van der Waals surface area (Å²) in [7, 11) is 0. The number of carbonyl (C=O) groups is 2. The smallest absolute Gasteiger partial charge is 0.341 e. The van der Waals surface area contributed by atoms with Gasteiger partial charge < -0.3 is 15.2 Å². The van der Waals surface area contributed by atoms with E-state index in [-0.39, 0.29) is 5.91 Å². The van der Waals surface area contributed by atoms with Gasteiger partial charge in [-0.15, -0.1) is 11.3 Å². The maximum absolute atomic E-state index is 12.8. The predicted octanol–water partition coefficient (Wildman–Crippen LogP) is 3.59. The van der Waals surface area contributed by atoms with Crippen LogP contribution < -0.4 is 10.1 Å². The van der Waals surface area contributed by atoms with E-state index in [0.29, 0.717) is 17.7 Å². The SMILES string of the molecule is CCC(C)(NC(=O)c1cc(C)c(OCC(=O)O)c(C)c1)c1nc(C)cs1. The number of amides is 1. The minimum atomic E-state index is -1.04. The Bertz CT molecular complexity index is 808. The molecule has 0 radical (unpaired) electrons. The first-order chi connectivity index (χ1) is 12.2. The van der Waals surface area contributed by atoms with E-state index in [4.69, 9.17) is 9.84 Å². The maximum Gasteiger partial charge on any atom is 0.341 e. The summed E-state index contributed by atoms with van der Waals surface area (Å²) in [6.45, 7) is 9.09. The molecular formula is C19H24N2O4S. The van der Waals surface area contributed by atoms with Gasteiger partial charge in [-0.1, -0.05) is 6.92 Å². The number of carbonyl (C=O) groups excluding carboxylic acids is 1. The van der Waals surface area contributed by atoms with E-state index in [2.05, 4.69) is 10.3 Å². The number of aliphatic carboxylic acids is 1. The van der Waals surface area contributed by atoms with Crippen LogP contribution in [-0.2, 0) is 10.3 Å². The molecule has 7 heteroatoms. The molecule has 0 aliphatic carbocycles.